The fraction of sp³-hybridized carbons (Fsp3) is 0. The standard InChI is InChI=1S/C3H4N2O3/c1-2-3(6)4-5(7)8/h2H,1H2,(H,4,6). The van der Waals surface area contributed by atoms with Crippen molar-refractivity contribution in [2.45, 2.75) is 0 Å². The summed E-state index contributed by atoms with van der Waals surface area (Å²) in [6.45, 7) is 3.00. The van der Waals surface area contributed by atoms with Gasteiger partial charge in [-0.2, -0.15) is 0 Å². The Hall–Kier alpha value is -1.39. The van der Waals surface area contributed by atoms with Gasteiger partial charge < -0.3 is 0 Å². The van der Waals surface area contributed by atoms with E-state index in [4.69, 9.17) is 0 Å². The Morgan fingerprint density at radius 2 is 2.38 bits per heavy atom. The average Bonchev–Trinajstić information content (AvgIpc) is 1.65. The number of nitrogens with one attached hydrogen (secondary N) is 1. The lowest BCUT2D eigenvalue weighted by atomic mass is 10.6. The van der Waals surface area contributed by atoms with Crippen LogP contribution in [-0.4, -0.2) is 10.9 Å². The monoisotopic (exact) mass is 116 g/mol. The van der Waals surface area contributed by atoms with Gasteiger partial charge in [0.1, 0.15) is 0 Å². The first-order valence-corrected chi connectivity index (χ1v) is 1.74. The van der Waals surface area contributed by atoms with Crippen LogP contribution < -0.4 is 5.43 Å². The van der Waals surface area contributed by atoms with Crippen LogP contribution in [0.1, 0.15) is 0 Å². The summed E-state index contributed by atoms with van der Waals surface area (Å²) in [5, 5.41) is 8.45. The predicted molar refractivity (Wildman–Crippen MR) is 25.3 cm³/mol. The second-order valence-corrected chi connectivity index (χ2v) is 0.937. The highest BCUT2D eigenvalue weighted by molar-refractivity contribution is 5.85. The second-order valence-electron chi connectivity index (χ2n) is 0.937. The number of carbonyl (C=O) groups excluding carboxylic acids is 1. The van der Waals surface area contributed by atoms with Crippen LogP contribution in [0.3, 0.4) is 0 Å². The second kappa shape index (κ2) is 2.73. The lowest BCUT2D eigenvalue weighted by Crippen LogP contribution is -2.26. The van der Waals surface area contributed by atoms with E-state index in [0.717, 1.165) is 6.08 Å². The molecule has 0 heterocycles. The minimum atomic E-state index is -0.940. The topological polar surface area (TPSA) is 72.2 Å². The van der Waals surface area contributed by atoms with Crippen molar-refractivity contribution < 1.29 is 9.83 Å². The molecular weight excluding hydrogens is 112 g/mol. The molecule has 44 valence electrons. The number of nitro groups is 1. The minimum Gasteiger partial charge on any atom is -0.264 e. The van der Waals surface area contributed by atoms with Gasteiger partial charge in [0, 0.05) is 6.08 Å². The van der Waals surface area contributed by atoms with E-state index in [9.17, 15) is 14.9 Å². The summed E-state index contributed by atoms with van der Waals surface area (Å²) in [7, 11) is 0. The zero-order valence-corrected chi connectivity index (χ0v) is 3.96. The van der Waals surface area contributed by atoms with Gasteiger partial charge in [0.2, 0.25) is 0 Å². The van der Waals surface area contributed by atoms with Gasteiger partial charge in [0.05, 0.1) is 0 Å². The molecule has 0 aliphatic carbocycles. The van der Waals surface area contributed by atoms with Crippen LogP contribution in [0.4, 0.5) is 0 Å². The van der Waals surface area contributed by atoms with E-state index in [-0.39, 0.29) is 0 Å². The average molecular weight is 116 g/mol. The highest BCUT2D eigenvalue weighted by Gasteiger charge is 1.98. The van der Waals surface area contributed by atoms with E-state index < -0.39 is 10.9 Å². The van der Waals surface area contributed by atoms with Gasteiger partial charge in [0.25, 0.3) is 0 Å². The van der Waals surface area contributed by atoms with Crippen molar-refractivity contribution in [1.29, 1.82) is 0 Å². The molecule has 0 saturated heterocycles. The lowest BCUT2D eigenvalue weighted by molar-refractivity contribution is -0.529. The molecule has 0 saturated carbocycles. The first-order valence-electron chi connectivity index (χ1n) is 1.74. The molecule has 0 unspecified atom stereocenters. The molecular formula is C3H4N2O3. The van der Waals surface area contributed by atoms with Gasteiger partial charge in [-0.05, 0) is 0 Å². The summed E-state index contributed by atoms with van der Waals surface area (Å²) in [5.74, 6) is -0.810. The number of hydrazine groups is 1. The van der Waals surface area contributed by atoms with Gasteiger partial charge in [-0.15, -0.1) is 0 Å². The Balaban J connectivity index is 3.55. The van der Waals surface area contributed by atoms with E-state index >= 15 is 0 Å². The fourth-order valence-electron chi connectivity index (χ4n) is 0.136. The van der Waals surface area contributed by atoms with Crippen LogP contribution in [0.2, 0.25) is 0 Å². The highest BCUT2D eigenvalue weighted by Crippen LogP contribution is 1.63. The number of hydrogen-bond acceptors (Lipinski definition) is 3. The summed E-state index contributed by atoms with van der Waals surface area (Å²) in [6.07, 6.45) is 0.822. The van der Waals surface area contributed by atoms with E-state index in [1.54, 1.807) is 0 Å². The Bertz CT molecular complexity index is 130. The summed E-state index contributed by atoms with van der Waals surface area (Å²) < 4.78 is 0. The molecule has 0 aromatic carbocycles. The van der Waals surface area contributed by atoms with Gasteiger partial charge in [-0.1, -0.05) is 12.0 Å². The highest BCUT2D eigenvalue weighted by atomic mass is 16.7. The zero-order chi connectivity index (χ0) is 6.57. The number of rotatable bonds is 2. The Kier molecular flexibility index (Phi) is 2.25. The van der Waals surface area contributed by atoms with Gasteiger partial charge in [0.15, 0.2) is 5.03 Å². The van der Waals surface area contributed by atoms with Crippen molar-refractivity contribution in [3.05, 3.63) is 22.8 Å². The van der Waals surface area contributed by atoms with E-state index in [0.29, 0.717) is 0 Å². The molecule has 0 aliphatic heterocycles. The van der Waals surface area contributed by atoms with Crippen molar-refractivity contribution in [1.82, 2.24) is 5.43 Å². The van der Waals surface area contributed by atoms with E-state index in [2.05, 4.69) is 6.58 Å². The van der Waals surface area contributed by atoms with Gasteiger partial charge in [-0.25, -0.2) is 10.1 Å². The van der Waals surface area contributed by atoms with Crippen LogP contribution in [0.5, 0.6) is 0 Å². The molecule has 5 heteroatoms. The van der Waals surface area contributed by atoms with Crippen LogP contribution in [0, 0.1) is 10.1 Å². The normalized spacial score (nSPS) is 7.50. The molecule has 0 radical (unpaired) electrons. The molecule has 5 nitrogen and oxygen atoms in total. The molecule has 8 heavy (non-hydrogen) atoms. The van der Waals surface area contributed by atoms with Crippen LogP contribution >= 0.6 is 0 Å². The van der Waals surface area contributed by atoms with Crippen molar-refractivity contribution in [2.75, 3.05) is 0 Å². The van der Waals surface area contributed by atoms with Gasteiger partial charge >= 0.3 is 5.91 Å². The number of nitrogens with zero attached hydrogens (tertiary/aromatic N) is 1. The van der Waals surface area contributed by atoms with Crippen LogP contribution in [0.15, 0.2) is 12.7 Å². The van der Waals surface area contributed by atoms with Crippen molar-refractivity contribution in [3.63, 3.8) is 0 Å². The number of hydrogen-bond donors (Lipinski definition) is 1. The summed E-state index contributed by atoms with van der Waals surface area (Å²) >= 11 is 0. The van der Waals surface area contributed by atoms with E-state index in [1.807, 2.05) is 0 Å². The molecule has 0 rings (SSSR count). The maximum Gasteiger partial charge on any atom is 0.303 e. The Morgan fingerprint density at radius 3 is 2.50 bits per heavy atom. The lowest BCUT2D eigenvalue weighted by Gasteiger charge is -1.84. The quantitative estimate of drug-likeness (QED) is 0.299. The number of amides is 1. The largest absolute Gasteiger partial charge is 0.303 e. The molecule has 0 fully saturated rings. The summed E-state index contributed by atoms with van der Waals surface area (Å²) in [4.78, 5) is 19.3. The molecule has 0 spiro atoms. The molecule has 0 aromatic rings. The van der Waals surface area contributed by atoms with Crippen molar-refractivity contribution in [3.8, 4) is 0 Å². The molecule has 0 aliphatic rings. The van der Waals surface area contributed by atoms with E-state index in [1.165, 1.54) is 5.43 Å². The number of carbonyl (C=O) groups is 1. The minimum absolute atomic E-state index is 0.810. The van der Waals surface area contributed by atoms with Crippen LogP contribution in [0.25, 0.3) is 0 Å². The molecule has 0 bridgehead atoms. The van der Waals surface area contributed by atoms with Crippen molar-refractivity contribution in [2.24, 2.45) is 0 Å². The van der Waals surface area contributed by atoms with Crippen LogP contribution in [-0.2, 0) is 4.79 Å². The zero-order valence-electron chi connectivity index (χ0n) is 3.96. The molecule has 1 N–H and O–H groups in total. The summed E-state index contributed by atoms with van der Waals surface area (Å²) in [5.41, 5.74) is 1.36. The third-order valence-corrected chi connectivity index (χ3v) is 0.387. The fourth-order valence-corrected chi connectivity index (χ4v) is 0.136. The van der Waals surface area contributed by atoms with Crippen molar-refractivity contribution >= 4 is 5.91 Å². The SMILES string of the molecule is C=CC(=O)N[N+](=O)[O-]. The maximum absolute atomic E-state index is 9.95. The molecule has 0 aromatic heterocycles. The maximum atomic E-state index is 9.95. The Labute approximate surface area is 45.1 Å². The molecule has 1 amide bonds. The smallest absolute Gasteiger partial charge is 0.264 e. The summed E-state index contributed by atoms with van der Waals surface area (Å²) in [6, 6.07) is 0. The van der Waals surface area contributed by atoms with Gasteiger partial charge in [-0.3, -0.25) is 4.79 Å². The first kappa shape index (κ1) is 6.61. The predicted octanol–water partition coefficient (Wildman–Crippen LogP) is -0.520. The third-order valence-electron chi connectivity index (χ3n) is 0.387. The third kappa shape index (κ3) is 2.83. The first-order chi connectivity index (χ1) is 3.66. The Morgan fingerprint density at radius 1 is 1.88 bits per heavy atom. The molecule has 0 atom stereocenters.